The standard InChI is InChI=1S/C7H12N2O/c1-6(2)9-4-7(10-3)8-5-9/h4-6H,1-3H3. The predicted octanol–water partition coefficient (Wildman–Crippen LogP) is 1.47. The van der Waals surface area contributed by atoms with Gasteiger partial charge < -0.3 is 9.30 Å². The van der Waals surface area contributed by atoms with Crippen LogP contribution in [0.15, 0.2) is 12.5 Å². The molecule has 10 heavy (non-hydrogen) atoms. The van der Waals surface area contributed by atoms with Crippen LogP contribution in [0.1, 0.15) is 19.9 Å². The highest BCUT2D eigenvalue weighted by atomic mass is 16.5. The Hall–Kier alpha value is -0.990. The Morgan fingerprint density at radius 2 is 2.30 bits per heavy atom. The fourth-order valence-electron chi connectivity index (χ4n) is 0.706. The molecule has 0 spiro atoms. The molecule has 0 unspecified atom stereocenters. The van der Waals surface area contributed by atoms with Gasteiger partial charge in [0.2, 0.25) is 5.88 Å². The van der Waals surface area contributed by atoms with Crippen molar-refractivity contribution in [2.45, 2.75) is 19.9 Å². The summed E-state index contributed by atoms with van der Waals surface area (Å²) in [5.41, 5.74) is 0. The van der Waals surface area contributed by atoms with Crippen LogP contribution >= 0.6 is 0 Å². The van der Waals surface area contributed by atoms with E-state index in [1.54, 1.807) is 13.4 Å². The molecular formula is C7H12N2O. The minimum Gasteiger partial charge on any atom is -0.480 e. The molecule has 0 bridgehead atoms. The van der Waals surface area contributed by atoms with E-state index >= 15 is 0 Å². The molecule has 1 aromatic heterocycles. The van der Waals surface area contributed by atoms with Crippen LogP contribution in [0.3, 0.4) is 0 Å². The van der Waals surface area contributed by atoms with E-state index < -0.39 is 0 Å². The molecular weight excluding hydrogens is 128 g/mol. The SMILES string of the molecule is COc1cn(C(C)C)cn1. The summed E-state index contributed by atoms with van der Waals surface area (Å²) in [4.78, 5) is 4.00. The number of nitrogens with zero attached hydrogens (tertiary/aromatic N) is 2. The molecule has 0 aliphatic carbocycles. The smallest absolute Gasteiger partial charge is 0.231 e. The fraction of sp³-hybridized carbons (Fsp3) is 0.571. The van der Waals surface area contributed by atoms with Gasteiger partial charge in [0.25, 0.3) is 0 Å². The molecule has 0 aromatic carbocycles. The number of hydrogen-bond donors (Lipinski definition) is 0. The van der Waals surface area contributed by atoms with E-state index in [4.69, 9.17) is 4.74 Å². The quantitative estimate of drug-likeness (QED) is 0.622. The second kappa shape index (κ2) is 2.73. The van der Waals surface area contributed by atoms with Crippen LogP contribution in [0.2, 0.25) is 0 Å². The number of methoxy groups -OCH3 is 1. The van der Waals surface area contributed by atoms with Crippen LogP contribution in [0.25, 0.3) is 0 Å². The van der Waals surface area contributed by atoms with Crippen molar-refractivity contribution in [1.29, 1.82) is 0 Å². The lowest BCUT2D eigenvalue weighted by Crippen LogP contribution is -1.95. The molecule has 0 fully saturated rings. The maximum atomic E-state index is 4.91. The van der Waals surface area contributed by atoms with Crippen LogP contribution in [0, 0.1) is 0 Å². The zero-order chi connectivity index (χ0) is 7.56. The Bertz CT molecular complexity index is 205. The summed E-state index contributed by atoms with van der Waals surface area (Å²) in [6, 6.07) is 0.455. The molecule has 0 saturated heterocycles. The summed E-state index contributed by atoms with van der Waals surface area (Å²) in [6.07, 6.45) is 3.65. The van der Waals surface area contributed by atoms with Crippen molar-refractivity contribution >= 4 is 0 Å². The summed E-state index contributed by atoms with van der Waals surface area (Å²) < 4.78 is 6.91. The molecule has 1 rings (SSSR count). The first kappa shape index (κ1) is 7.12. The van der Waals surface area contributed by atoms with Gasteiger partial charge in [-0.3, -0.25) is 0 Å². The first-order chi connectivity index (χ1) is 4.74. The van der Waals surface area contributed by atoms with Crippen molar-refractivity contribution in [1.82, 2.24) is 9.55 Å². The molecule has 0 aliphatic heterocycles. The molecule has 0 radical (unpaired) electrons. The van der Waals surface area contributed by atoms with Crippen LogP contribution in [0.4, 0.5) is 0 Å². The first-order valence-electron chi connectivity index (χ1n) is 3.31. The molecule has 0 atom stereocenters. The Morgan fingerprint density at radius 1 is 1.60 bits per heavy atom. The number of ether oxygens (including phenoxy) is 1. The van der Waals surface area contributed by atoms with E-state index in [0.717, 1.165) is 0 Å². The maximum absolute atomic E-state index is 4.91. The molecule has 1 heterocycles. The molecule has 0 N–H and O–H groups in total. The third-order valence-electron chi connectivity index (χ3n) is 1.38. The average Bonchev–Trinajstić information content (AvgIpc) is 2.34. The van der Waals surface area contributed by atoms with E-state index in [1.165, 1.54) is 0 Å². The van der Waals surface area contributed by atoms with Gasteiger partial charge in [-0.25, -0.2) is 4.98 Å². The highest BCUT2D eigenvalue weighted by Crippen LogP contribution is 2.09. The van der Waals surface area contributed by atoms with Gasteiger partial charge in [-0.05, 0) is 13.8 Å². The molecule has 1 aromatic rings. The largest absolute Gasteiger partial charge is 0.480 e. The van der Waals surface area contributed by atoms with Gasteiger partial charge in [-0.1, -0.05) is 0 Å². The van der Waals surface area contributed by atoms with Gasteiger partial charge in [0.05, 0.1) is 19.6 Å². The lowest BCUT2D eigenvalue weighted by atomic mass is 10.4. The first-order valence-corrected chi connectivity index (χ1v) is 3.31. The van der Waals surface area contributed by atoms with E-state index in [0.29, 0.717) is 11.9 Å². The minimum atomic E-state index is 0.455. The highest BCUT2D eigenvalue weighted by molar-refractivity contribution is 5.03. The monoisotopic (exact) mass is 140 g/mol. The highest BCUT2D eigenvalue weighted by Gasteiger charge is 1.98. The van der Waals surface area contributed by atoms with Gasteiger partial charge >= 0.3 is 0 Å². The van der Waals surface area contributed by atoms with Crippen LogP contribution < -0.4 is 4.74 Å². The third-order valence-corrected chi connectivity index (χ3v) is 1.38. The fourth-order valence-corrected chi connectivity index (χ4v) is 0.706. The van der Waals surface area contributed by atoms with Crippen LogP contribution in [-0.2, 0) is 0 Å². The maximum Gasteiger partial charge on any atom is 0.231 e. The number of rotatable bonds is 2. The van der Waals surface area contributed by atoms with Crippen molar-refractivity contribution in [2.24, 2.45) is 0 Å². The van der Waals surface area contributed by atoms with Crippen molar-refractivity contribution in [3.8, 4) is 5.88 Å². The van der Waals surface area contributed by atoms with Crippen molar-refractivity contribution in [3.63, 3.8) is 0 Å². The zero-order valence-electron chi connectivity index (χ0n) is 6.53. The van der Waals surface area contributed by atoms with E-state index in [9.17, 15) is 0 Å². The molecule has 0 aliphatic rings. The Kier molecular flexibility index (Phi) is 1.94. The summed E-state index contributed by atoms with van der Waals surface area (Å²) in [7, 11) is 1.62. The number of aromatic nitrogens is 2. The summed E-state index contributed by atoms with van der Waals surface area (Å²) in [6.45, 7) is 4.20. The van der Waals surface area contributed by atoms with Crippen LogP contribution in [0.5, 0.6) is 5.88 Å². The average molecular weight is 140 g/mol. The lowest BCUT2D eigenvalue weighted by Gasteiger charge is -2.02. The van der Waals surface area contributed by atoms with E-state index in [-0.39, 0.29) is 0 Å². The Labute approximate surface area is 60.6 Å². The summed E-state index contributed by atoms with van der Waals surface area (Å²) >= 11 is 0. The van der Waals surface area contributed by atoms with Crippen LogP contribution in [-0.4, -0.2) is 16.7 Å². The van der Waals surface area contributed by atoms with Gasteiger partial charge in [0.15, 0.2) is 0 Å². The Balaban J connectivity index is 2.78. The van der Waals surface area contributed by atoms with Gasteiger partial charge in [0.1, 0.15) is 0 Å². The second-order valence-corrected chi connectivity index (χ2v) is 2.46. The van der Waals surface area contributed by atoms with Gasteiger partial charge in [-0.2, -0.15) is 0 Å². The molecule has 0 saturated carbocycles. The third kappa shape index (κ3) is 1.29. The van der Waals surface area contributed by atoms with Gasteiger partial charge in [-0.15, -0.1) is 0 Å². The second-order valence-electron chi connectivity index (χ2n) is 2.46. The van der Waals surface area contributed by atoms with Crippen molar-refractivity contribution < 1.29 is 4.74 Å². The number of imidazole rings is 1. The van der Waals surface area contributed by atoms with Crippen molar-refractivity contribution in [2.75, 3.05) is 7.11 Å². The Morgan fingerprint density at radius 3 is 2.60 bits per heavy atom. The topological polar surface area (TPSA) is 27.1 Å². The molecule has 3 nitrogen and oxygen atoms in total. The van der Waals surface area contributed by atoms with Gasteiger partial charge in [0, 0.05) is 6.04 Å². The number of hydrogen-bond acceptors (Lipinski definition) is 2. The molecule has 56 valence electrons. The normalized spacial score (nSPS) is 10.4. The minimum absolute atomic E-state index is 0.455. The molecule has 3 heteroatoms. The lowest BCUT2D eigenvalue weighted by molar-refractivity contribution is 0.399. The summed E-state index contributed by atoms with van der Waals surface area (Å²) in [5, 5.41) is 0. The van der Waals surface area contributed by atoms with Crippen molar-refractivity contribution in [3.05, 3.63) is 12.5 Å². The van der Waals surface area contributed by atoms with E-state index in [2.05, 4.69) is 18.8 Å². The molecule has 0 amide bonds. The zero-order valence-corrected chi connectivity index (χ0v) is 6.53. The van der Waals surface area contributed by atoms with E-state index in [1.807, 2.05) is 10.8 Å². The predicted molar refractivity (Wildman–Crippen MR) is 39.2 cm³/mol. The summed E-state index contributed by atoms with van der Waals surface area (Å²) in [5.74, 6) is 0.675.